The van der Waals surface area contributed by atoms with Crippen LogP contribution in [0.25, 0.3) is 0 Å². The van der Waals surface area contributed by atoms with Crippen LogP contribution in [0.4, 0.5) is 13.2 Å². The topological polar surface area (TPSA) is 49.4 Å². The maximum atomic E-state index is 13.1. The molecule has 32 heavy (non-hydrogen) atoms. The van der Waals surface area contributed by atoms with E-state index in [2.05, 4.69) is 30.1 Å². The van der Waals surface area contributed by atoms with E-state index in [1.807, 2.05) is 12.1 Å². The molecule has 0 saturated carbocycles. The summed E-state index contributed by atoms with van der Waals surface area (Å²) in [6, 6.07) is 11.4. The lowest BCUT2D eigenvalue weighted by Crippen LogP contribution is -2.52. The summed E-state index contributed by atoms with van der Waals surface area (Å²) in [6.45, 7) is 4.74. The quantitative estimate of drug-likeness (QED) is 0.601. The number of hydrogen-bond donors (Lipinski definition) is 2. The summed E-state index contributed by atoms with van der Waals surface area (Å²) in [5.74, 6) is -0.752. The molecular weight excluding hydrogens is 437 g/mol. The molecule has 2 aromatic carbocycles. The maximum absolute atomic E-state index is 13.1. The maximum Gasteiger partial charge on any atom is 0.416 e. The second-order valence-electron chi connectivity index (χ2n) is 8.46. The number of carbonyl (C=O) groups excluding carboxylic acids is 2. The van der Waals surface area contributed by atoms with E-state index >= 15 is 0 Å². The van der Waals surface area contributed by atoms with E-state index < -0.39 is 23.7 Å². The summed E-state index contributed by atoms with van der Waals surface area (Å²) in [6.07, 6.45) is -2.92. The van der Waals surface area contributed by atoms with Gasteiger partial charge in [0.15, 0.2) is 0 Å². The Kier molecular flexibility index (Phi) is 7.54. The molecule has 4 nitrogen and oxygen atoms in total. The zero-order valence-corrected chi connectivity index (χ0v) is 18.9. The Labute approximate surface area is 191 Å². The van der Waals surface area contributed by atoms with Crippen molar-refractivity contribution in [3.63, 3.8) is 0 Å². The molecular formula is C24H27F3N2O2S. The van der Waals surface area contributed by atoms with Crippen molar-refractivity contribution in [2.24, 2.45) is 5.92 Å². The van der Waals surface area contributed by atoms with Gasteiger partial charge in [-0.25, -0.2) is 0 Å². The van der Waals surface area contributed by atoms with E-state index in [0.29, 0.717) is 19.0 Å². The third-order valence-electron chi connectivity index (χ3n) is 5.84. The van der Waals surface area contributed by atoms with Gasteiger partial charge in [0, 0.05) is 23.5 Å². The largest absolute Gasteiger partial charge is 0.416 e. The van der Waals surface area contributed by atoms with Crippen LogP contribution in [0.2, 0.25) is 0 Å². The Morgan fingerprint density at radius 1 is 1.06 bits per heavy atom. The number of rotatable bonds is 5. The number of nitrogens with zero attached hydrogens (tertiary/aromatic N) is 1. The zero-order valence-electron chi connectivity index (χ0n) is 18.0. The number of carbonyl (C=O) groups is 2. The smallest absolute Gasteiger partial charge is 0.341 e. The molecule has 0 bridgehead atoms. The number of thiol groups is 1. The molecule has 0 aromatic heterocycles. The molecule has 2 amide bonds. The molecule has 1 atom stereocenters. The fraction of sp³-hybridized carbons (Fsp3) is 0.417. The molecule has 1 fully saturated rings. The van der Waals surface area contributed by atoms with Gasteiger partial charge in [0.1, 0.15) is 6.04 Å². The molecule has 1 N–H and O–H groups in total. The van der Waals surface area contributed by atoms with E-state index in [1.165, 1.54) is 17.7 Å². The minimum atomic E-state index is -4.54. The van der Waals surface area contributed by atoms with Gasteiger partial charge in [0.05, 0.1) is 5.56 Å². The average Bonchev–Trinajstić information content (AvgIpc) is 2.77. The minimum Gasteiger partial charge on any atom is -0.341 e. The van der Waals surface area contributed by atoms with E-state index in [4.69, 9.17) is 0 Å². The number of benzene rings is 2. The van der Waals surface area contributed by atoms with Crippen molar-refractivity contribution in [1.29, 1.82) is 0 Å². The van der Waals surface area contributed by atoms with E-state index in [0.717, 1.165) is 29.9 Å². The van der Waals surface area contributed by atoms with Crippen LogP contribution in [0, 0.1) is 5.92 Å². The summed E-state index contributed by atoms with van der Waals surface area (Å²) in [7, 11) is 0. The number of hydrogen-bond acceptors (Lipinski definition) is 3. The van der Waals surface area contributed by atoms with Gasteiger partial charge in [0.25, 0.3) is 5.91 Å². The van der Waals surface area contributed by atoms with Crippen LogP contribution in [-0.4, -0.2) is 35.8 Å². The highest BCUT2D eigenvalue weighted by atomic mass is 32.1. The number of amides is 2. The third kappa shape index (κ3) is 5.85. The van der Waals surface area contributed by atoms with Crippen molar-refractivity contribution in [2.75, 3.05) is 13.1 Å². The van der Waals surface area contributed by atoms with Crippen molar-refractivity contribution in [2.45, 2.75) is 49.7 Å². The van der Waals surface area contributed by atoms with Crippen molar-refractivity contribution in [1.82, 2.24) is 10.2 Å². The fourth-order valence-electron chi connectivity index (χ4n) is 3.95. The zero-order chi connectivity index (χ0) is 23.5. The third-order valence-corrected chi connectivity index (χ3v) is 6.14. The predicted octanol–water partition coefficient (Wildman–Crippen LogP) is 5.15. The lowest BCUT2D eigenvalue weighted by molar-refractivity contribution is -0.137. The summed E-state index contributed by atoms with van der Waals surface area (Å²) in [4.78, 5) is 28.4. The van der Waals surface area contributed by atoms with Gasteiger partial charge >= 0.3 is 6.18 Å². The molecule has 172 valence electrons. The summed E-state index contributed by atoms with van der Waals surface area (Å²) in [5.41, 5.74) is 0.198. The molecule has 1 unspecified atom stereocenters. The molecule has 2 aromatic rings. The van der Waals surface area contributed by atoms with Gasteiger partial charge in [-0.3, -0.25) is 9.59 Å². The Bertz CT molecular complexity index is 952. The van der Waals surface area contributed by atoms with E-state index in [1.54, 1.807) is 18.7 Å². The number of halogens is 3. The standard InChI is InChI=1S/C24H27F3N2O2S/c1-15(2)21(28-22(30)18-4-3-5-19(14-18)24(25,26)27)23(31)29-12-10-17(11-13-29)16-6-8-20(32)9-7-16/h3-9,14-15,17,21,32H,10-13H2,1-2H3,(H,28,30). The molecule has 0 aliphatic carbocycles. The Morgan fingerprint density at radius 3 is 2.25 bits per heavy atom. The summed E-state index contributed by atoms with van der Waals surface area (Å²) >= 11 is 4.31. The minimum absolute atomic E-state index is 0.121. The van der Waals surface area contributed by atoms with Gasteiger partial charge in [-0.1, -0.05) is 32.0 Å². The van der Waals surface area contributed by atoms with Crippen molar-refractivity contribution in [3.8, 4) is 0 Å². The Balaban J connectivity index is 1.65. The second kappa shape index (κ2) is 9.98. The first-order valence-electron chi connectivity index (χ1n) is 10.6. The normalized spacial score (nSPS) is 16.2. The van der Waals surface area contributed by atoms with Gasteiger partial charge in [-0.15, -0.1) is 12.6 Å². The molecule has 3 rings (SSSR count). The first-order chi connectivity index (χ1) is 15.1. The molecule has 1 saturated heterocycles. The number of likely N-dealkylation sites (tertiary alicyclic amines) is 1. The SMILES string of the molecule is CC(C)C(NC(=O)c1cccc(C(F)(F)F)c1)C(=O)N1CCC(c2ccc(S)cc2)CC1. The van der Waals surface area contributed by atoms with Crippen molar-refractivity contribution < 1.29 is 22.8 Å². The number of alkyl halides is 3. The number of nitrogens with one attached hydrogen (secondary N) is 1. The number of piperidine rings is 1. The van der Waals surface area contributed by atoms with E-state index in [9.17, 15) is 22.8 Å². The first-order valence-corrected chi connectivity index (χ1v) is 11.1. The molecule has 1 heterocycles. The van der Waals surface area contributed by atoms with Gasteiger partial charge < -0.3 is 10.2 Å². The monoisotopic (exact) mass is 464 g/mol. The Morgan fingerprint density at radius 2 is 1.69 bits per heavy atom. The van der Waals surface area contributed by atoms with Crippen molar-refractivity contribution >= 4 is 24.4 Å². The lowest BCUT2D eigenvalue weighted by atomic mass is 9.89. The van der Waals surface area contributed by atoms with E-state index in [-0.39, 0.29) is 17.4 Å². The highest BCUT2D eigenvalue weighted by molar-refractivity contribution is 7.80. The van der Waals surface area contributed by atoms with Gasteiger partial charge in [0.2, 0.25) is 5.91 Å². The van der Waals surface area contributed by atoms with Crippen LogP contribution in [0.15, 0.2) is 53.4 Å². The van der Waals surface area contributed by atoms with Crippen LogP contribution in [0.3, 0.4) is 0 Å². The van der Waals surface area contributed by atoms with Crippen LogP contribution in [0.1, 0.15) is 54.1 Å². The summed E-state index contributed by atoms with van der Waals surface area (Å²) in [5, 5.41) is 2.65. The van der Waals surface area contributed by atoms with Gasteiger partial charge in [-0.2, -0.15) is 13.2 Å². The Hall–Kier alpha value is -2.48. The average molecular weight is 465 g/mol. The fourth-order valence-corrected chi connectivity index (χ4v) is 4.10. The molecule has 8 heteroatoms. The predicted molar refractivity (Wildman–Crippen MR) is 120 cm³/mol. The van der Waals surface area contributed by atoms with Crippen molar-refractivity contribution in [3.05, 3.63) is 65.2 Å². The van der Waals surface area contributed by atoms with Crippen LogP contribution < -0.4 is 5.32 Å². The van der Waals surface area contributed by atoms with Crippen LogP contribution in [0.5, 0.6) is 0 Å². The molecule has 0 radical (unpaired) electrons. The van der Waals surface area contributed by atoms with Crippen LogP contribution in [-0.2, 0) is 11.0 Å². The molecule has 1 aliphatic heterocycles. The van der Waals surface area contributed by atoms with Crippen LogP contribution >= 0.6 is 12.6 Å². The molecule has 0 spiro atoms. The molecule has 1 aliphatic rings. The second-order valence-corrected chi connectivity index (χ2v) is 8.98. The van der Waals surface area contributed by atoms with Gasteiger partial charge in [-0.05, 0) is 60.6 Å². The summed E-state index contributed by atoms with van der Waals surface area (Å²) < 4.78 is 38.9. The highest BCUT2D eigenvalue weighted by Crippen LogP contribution is 2.30. The highest BCUT2D eigenvalue weighted by Gasteiger charge is 2.33. The first kappa shape index (κ1) is 24.2. The lowest BCUT2D eigenvalue weighted by Gasteiger charge is -2.35.